The third-order valence-electron chi connectivity index (χ3n) is 3.06. The molecule has 0 saturated carbocycles. The molecule has 5 heteroatoms. The fourth-order valence-electron chi connectivity index (χ4n) is 1.92. The van der Waals surface area contributed by atoms with Crippen LogP contribution in [0.25, 0.3) is 0 Å². The Labute approximate surface area is 120 Å². The van der Waals surface area contributed by atoms with Gasteiger partial charge >= 0.3 is 0 Å². The molecule has 1 aromatic rings. The van der Waals surface area contributed by atoms with Crippen molar-refractivity contribution in [3.63, 3.8) is 0 Å². The minimum Gasteiger partial charge on any atom is -0.497 e. The number of carbonyl (C=O) groups excluding carboxylic acids is 1. The van der Waals surface area contributed by atoms with Crippen LogP contribution >= 0.6 is 0 Å². The Kier molecular flexibility index (Phi) is 6.87. The second-order valence-corrected chi connectivity index (χ2v) is 4.45. The van der Waals surface area contributed by atoms with Crippen LogP contribution in [0.3, 0.4) is 0 Å². The summed E-state index contributed by atoms with van der Waals surface area (Å²) in [4.78, 5) is 11.2. The predicted octanol–water partition coefficient (Wildman–Crippen LogP) is 1.88. The lowest BCUT2D eigenvalue weighted by atomic mass is 10.1. The Bertz CT molecular complexity index is 435. The monoisotopic (exact) mass is 280 g/mol. The number of hydrogen-bond donors (Lipinski definition) is 2. The van der Waals surface area contributed by atoms with Gasteiger partial charge in [0.05, 0.1) is 20.1 Å². The molecular formula is C15H24N2O3. The minimum atomic E-state index is -0.0332. The molecule has 2 N–H and O–H groups in total. The first kappa shape index (κ1) is 16.3. The van der Waals surface area contributed by atoms with Crippen LogP contribution in [0, 0.1) is 0 Å². The molecule has 1 unspecified atom stereocenters. The van der Waals surface area contributed by atoms with Gasteiger partial charge in [-0.3, -0.25) is 4.79 Å². The fraction of sp³-hybridized carbons (Fsp3) is 0.533. The van der Waals surface area contributed by atoms with E-state index in [1.54, 1.807) is 14.2 Å². The zero-order valence-electron chi connectivity index (χ0n) is 12.7. The van der Waals surface area contributed by atoms with Crippen LogP contribution < -0.4 is 20.1 Å². The highest BCUT2D eigenvalue weighted by molar-refractivity contribution is 5.75. The topological polar surface area (TPSA) is 59.6 Å². The second kappa shape index (κ2) is 8.43. The van der Waals surface area contributed by atoms with E-state index in [2.05, 4.69) is 24.5 Å². The molecule has 20 heavy (non-hydrogen) atoms. The summed E-state index contributed by atoms with van der Waals surface area (Å²) in [5.74, 6) is 1.46. The van der Waals surface area contributed by atoms with Crippen LogP contribution in [-0.2, 0) is 4.79 Å². The van der Waals surface area contributed by atoms with Crippen molar-refractivity contribution in [2.45, 2.75) is 26.3 Å². The van der Waals surface area contributed by atoms with Crippen molar-refractivity contribution in [2.24, 2.45) is 0 Å². The van der Waals surface area contributed by atoms with Crippen LogP contribution in [-0.4, -0.2) is 33.2 Å². The molecule has 1 atom stereocenters. The summed E-state index contributed by atoms with van der Waals surface area (Å²) in [6, 6.07) is 5.93. The first-order valence-electron chi connectivity index (χ1n) is 6.87. The molecule has 0 aliphatic carbocycles. The standard InChI is InChI=1S/C15H24N2O3/c1-5-17-11(2)13-7-6-12(19-4)10-14(13)20-9-8-15(18)16-3/h6-7,10-11,17H,5,8-9H2,1-4H3,(H,16,18). The Morgan fingerprint density at radius 2 is 2.15 bits per heavy atom. The van der Waals surface area contributed by atoms with E-state index < -0.39 is 0 Å². The number of amides is 1. The normalized spacial score (nSPS) is 11.8. The summed E-state index contributed by atoms with van der Waals surface area (Å²) in [6.45, 7) is 5.37. The smallest absolute Gasteiger partial charge is 0.223 e. The molecule has 0 spiro atoms. The van der Waals surface area contributed by atoms with Crippen molar-refractivity contribution >= 4 is 5.91 Å². The van der Waals surface area contributed by atoms with E-state index in [0.717, 1.165) is 23.6 Å². The number of methoxy groups -OCH3 is 1. The molecule has 0 aliphatic rings. The van der Waals surface area contributed by atoms with E-state index in [-0.39, 0.29) is 11.9 Å². The van der Waals surface area contributed by atoms with E-state index >= 15 is 0 Å². The number of ether oxygens (including phenoxy) is 2. The molecular weight excluding hydrogens is 256 g/mol. The van der Waals surface area contributed by atoms with Crippen molar-refractivity contribution in [1.29, 1.82) is 0 Å². The van der Waals surface area contributed by atoms with Gasteiger partial charge in [-0.15, -0.1) is 0 Å². The van der Waals surface area contributed by atoms with Crippen LogP contribution in [0.4, 0.5) is 0 Å². The first-order chi connectivity index (χ1) is 9.62. The van der Waals surface area contributed by atoms with Gasteiger partial charge in [-0.1, -0.05) is 13.0 Å². The third-order valence-corrected chi connectivity index (χ3v) is 3.06. The largest absolute Gasteiger partial charge is 0.497 e. The highest BCUT2D eigenvalue weighted by atomic mass is 16.5. The van der Waals surface area contributed by atoms with Crippen LogP contribution in [0.5, 0.6) is 11.5 Å². The molecule has 0 fully saturated rings. The van der Waals surface area contributed by atoms with Crippen molar-refractivity contribution in [1.82, 2.24) is 10.6 Å². The number of benzene rings is 1. The van der Waals surface area contributed by atoms with Gasteiger partial charge in [-0.25, -0.2) is 0 Å². The van der Waals surface area contributed by atoms with Gasteiger partial charge in [0.1, 0.15) is 11.5 Å². The maximum atomic E-state index is 11.2. The van der Waals surface area contributed by atoms with Crippen molar-refractivity contribution in [3.05, 3.63) is 23.8 Å². The van der Waals surface area contributed by atoms with Gasteiger partial charge in [-0.2, -0.15) is 0 Å². The number of rotatable bonds is 8. The lowest BCUT2D eigenvalue weighted by Crippen LogP contribution is -2.21. The summed E-state index contributed by atoms with van der Waals surface area (Å²) in [5, 5.41) is 5.93. The predicted molar refractivity (Wildman–Crippen MR) is 79.3 cm³/mol. The molecule has 1 rings (SSSR count). The number of carbonyl (C=O) groups is 1. The highest BCUT2D eigenvalue weighted by Crippen LogP contribution is 2.29. The van der Waals surface area contributed by atoms with Crippen LogP contribution in [0.2, 0.25) is 0 Å². The minimum absolute atomic E-state index is 0.0332. The molecule has 5 nitrogen and oxygen atoms in total. The Hall–Kier alpha value is -1.75. The Balaban J connectivity index is 2.80. The Morgan fingerprint density at radius 3 is 2.75 bits per heavy atom. The van der Waals surface area contributed by atoms with Crippen molar-refractivity contribution < 1.29 is 14.3 Å². The SMILES string of the molecule is CCNC(C)c1ccc(OC)cc1OCCC(=O)NC. The molecule has 0 heterocycles. The van der Waals surface area contributed by atoms with Gasteiger partial charge in [-0.05, 0) is 19.5 Å². The summed E-state index contributed by atoms with van der Waals surface area (Å²) in [6.07, 6.45) is 0.336. The van der Waals surface area contributed by atoms with Crippen molar-refractivity contribution in [3.8, 4) is 11.5 Å². The van der Waals surface area contributed by atoms with E-state index in [1.807, 2.05) is 18.2 Å². The number of nitrogens with one attached hydrogen (secondary N) is 2. The van der Waals surface area contributed by atoms with Gasteiger partial charge in [0.25, 0.3) is 0 Å². The van der Waals surface area contributed by atoms with E-state index in [1.165, 1.54) is 0 Å². The lowest BCUT2D eigenvalue weighted by molar-refractivity contribution is -0.121. The Morgan fingerprint density at radius 1 is 1.40 bits per heavy atom. The maximum absolute atomic E-state index is 11.2. The zero-order chi connectivity index (χ0) is 15.0. The molecule has 0 bridgehead atoms. The first-order valence-corrected chi connectivity index (χ1v) is 6.87. The van der Waals surface area contributed by atoms with Gasteiger partial charge in [0.2, 0.25) is 5.91 Å². The second-order valence-electron chi connectivity index (χ2n) is 4.45. The summed E-state index contributed by atoms with van der Waals surface area (Å²) in [7, 11) is 3.24. The lowest BCUT2D eigenvalue weighted by Gasteiger charge is -2.18. The molecule has 0 aromatic heterocycles. The summed E-state index contributed by atoms with van der Waals surface area (Å²) >= 11 is 0. The molecule has 0 saturated heterocycles. The van der Waals surface area contributed by atoms with Crippen molar-refractivity contribution in [2.75, 3.05) is 27.3 Å². The average Bonchev–Trinajstić information content (AvgIpc) is 2.47. The quantitative estimate of drug-likeness (QED) is 0.763. The molecule has 112 valence electrons. The number of hydrogen-bond acceptors (Lipinski definition) is 4. The molecule has 0 radical (unpaired) electrons. The summed E-state index contributed by atoms with van der Waals surface area (Å²) in [5.41, 5.74) is 1.06. The summed E-state index contributed by atoms with van der Waals surface area (Å²) < 4.78 is 11.0. The van der Waals surface area contributed by atoms with Gasteiger partial charge < -0.3 is 20.1 Å². The molecule has 1 aromatic carbocycles. The van der Waals surface area contributed by atoms with Crippen LogP contribution in [0.15, 0.2) is 18.2 Å². The maximum Gasteiger partial charge on any atom is 0.223 e. The molecule has 1 amide bonds. The van der Waals surface area contributed by atoms with Crippen LogP contribution in [0.1, 0.15) is 31.9 Å². The van der Waals surface area contributed by atoms with Gasteiger partial charge in [0, 0.05) is 24.7 Å². The fourth-order valence-corrected chi connectivity index (χ4v) is 1.92. The molecule has 0 aliphatic heterocycles. The van der Waals surface area contributed by atoms with E-state index in [4.69, 9.17) is 9.47 Å². The van der Waals surface area contributed by atoms with E-state index in [9.17, 15) is 4.79 Å². The highest BCUT2D eigenvalue weighted by Gasteiger charge is 2.12. The van der Waals surface area contributed by atoms with Gasteiger partial charge in [0.15, 0.2) is 0 Å². The van der Waals surface area contributed by atoms with E-state index in [0.29, 0.717) is 13.0 Å². The zero-order valence-corrected chi connectivity index (χ0v) is 12.7. The average molecular weight is 280 g/mol. The third kappa shape index (κ3) is 4.74.